The smallest absolute Gasteiger partial charge is 0.223 e. The van der Waals surface area contributed by atoms with E-state index in [9.17, 15) is 4.79 Å². The van der Waals surface area contributed by atoms with Crippen LogP contribution < -0.4 is 0 Å². The molecule has 2 aliphatic rings. The molecule has 0 spiro atoms. The maximum Gasteiger partial charge on any atom is 0.223 e. The number of ether oxygens (including phenoxy) is 1. The molecule has 2 saturated heterocycles. The topological polar surface area (TPSA) is 32.8 Å². The zero-order chi connectivity index (χ0) is 12.3. The summed E-state index contributed by atoms with van der Waals surface area (Å²) in [7, 11) is 0. The SMILES string of the molecule is C[C](C)CN1CC(CC(=O)N2CCOCC2)C1. The third-order valence-corrected chi connectivity index (χ3v) is 3.40. The standard InChI is InChI=1S/C13H23N2O2/c1-11(2)8-14-9-12(10-14)7-13(16)15-3-5-17-6-4-15/h12H,3-10H2,1-2H3. The van der Waals surface area contributed by atoms with E-state index in [1.165, 1.54) is 5.92 Å². The van der Waals surface area contributed by atoms with E-state index < -0.39 is 0 Å². The Balaban J connectivity index is 1.64. The van der Waals surface area contributed by atoms with Gasteiger partial charge in [-0.1, -0.05) is 13.8 Å². The van der Waals surface area contributed by atoms with E-state index in [-0.39, 0.29) is 0 Å². The van der Waals surface area contributed by atoms with Crippen molar-refractivity contribution in [1.29, 1.82) is 0 Å². The summed E-state index contributed by atoms with van der Waals surface area (Å²) >= 11 is 0. The monoisotopic (exact) mass is 239 g/mol. The summed E-state index contributed by atoms with van der Waals surface area (Å²) in [6.07, 6.45) is 0.721. The van der Waals surface area contributed by atoms with Crippen molar-refractivity contribution < 1.29 is 9.53 Å². The van der Waals surface area contributed by atoms with Gasteiger partial charge in [-0.3, -0.25) is 4.79 Å². The number of hydrogen-bond acceptors (Lipinski definition) is 3. The third kappa shape index (κ3) is 3.68. The summed E-state index contributed by atoms with van der Waals surface area (Å²) in [4.78, 5) is 16.3. The van der Waals surface area contributed by atoms with Crippen molar-refractivity contribution in [3.05, 3.63) is 5.92 Å². The van der Waals surface area contributed by atoms with Crippen LogP contribution in [-0.4, -0.2) is 61.6 Å². The lowest BCUT2D eigenvalue weighted by Crippen LogP contribution is -2.50. The minimum Gasteiger partial charge on any atom is -0.378 e. The zero-order valence-electron chi connectivity index (χ0n) is 10.9. The van der Waals surface area contributed by atoms with Crippen molar-refractivity contribution >= 4 is 5.91 Å². The molecule has 2 rings (SSSR count). The number of hydrogen-bond donors (Lipinski definition) is 0. The fraction of sp³-hybridized carbons (Fsp3) is 0.846. The highest BCUT2D eigenvalue weighted by molar-refractivity contribution is 5.76. The normalized spacial score (nSPS) is 22.9. The zero-order valence-corrected chi connectivity index (χ0v) is 10.9. The summed E-state index contributed by atoms with van der Waals surface area (Å²) in [6.45, 7) is 10.5. The van der Waals surface area contributed by atoms with Crippen molar-refractivity contribution in [2.75, 3.05) is 45.9 Å². The largest absolute Gasteiger partial charge is 0.378 e. The van der Waals surface area contributed by atoms with Gasteiger partial charge in [-0.25, -0.2) is 0 Å². The van der Waals surface area contributed by atoms with Crippen molar-refractivity contribution in [2.45, 2.75) is 20.3 Å². The number of likely N-dealkylation sites (tertiary alicyclic amines) is 1. The minimum atomic E-state index is 0.315. The lowest BCUT2D eigenvalue weighted by molar-refractivity contribution is -0.137. The summed E-state index contributed by atoms with van der Waals surface area (Å²) < 4.78 is 5.25. The van der Waals surface area contributed by atoms with Crippen LogP contribution in [-0.2, 0) is 9.53 Å². The molecule has 0 aliphatic carbocycles. The molecule has 0 bridgehead atoms. The molecule has 1 amide bonds. The van der Waals surface area contributed by atoms with E-state index in [1.807, 2.05) is 4.90 Å². The van der Waals surface area contributed by atoms with Crippen LogP contribution in [0, 0.1) is 11.8 Å². The highest BCUT2D eigenvalue weighted by atomic mass is 16.5. The van der Waals surface area contributed by atoms with Gasteiger partial charge >= 0.3 is 0 Å². The second-order valence-electron chi connectivity index (χ2n) is 5.46. The molecule has 0 aromatic carbocycles. The number of carbonyl (C=O) groups excluding carboxylic acids is 1. The van der Waals surface area contributed by atoms with Crippen LogP contribution in [0.2, 0.25) is 0 Å². The van der Waals surface area contributed by atoms with E-state index in [0.29, 0.717) is 25.0 Å². The van der Waals surface area contributed by atoms with E-state index >= 15 is 0 Å². The maximum absolute atomic E-state index is 12.0. The van der Waals surface area contributed by atoms with Gasteiger partial charge in [-0.2, -0.15) is 0 Å². The van der Waals surface area contributed by atoms with Crippen LogP contribution in [0.3, 0.4) is 0 Å². The molecule has 2 heterocycles. The minimum absolute atomic E-state index is 0.315. The highest BCUT2D eigenvalue weighted by Crippen LogP contribution is 2.21. The van der Waals surface area contributed by atoms with E-state index in [0.717, 1.165) is 39.1 Å². The van der Waals surface area contributed by atoms with Gasteiger partial charge in [0, 0.05) is 39.1 Å². The summed E-state index contributed by atoms with van der Waals surface area (Å²) in [5.41, 5.74) is 0. The molecule has 2 aliphatic heterocycles. The lowest BCUT2D eigenvalue weighted by Gasteiger charge is -2.40. The average molecular weight is 239 g/mol. The second-order valence-corrected chi connectivity index (χ2v) is 5.46. The Kier molecular flexibility index (Phi) is 4.40. The van der Waals surface area contributed by atoms with E-state index in [1.54, 1.807) is 0 Å². The Morgan fingerprint density at radius 1 is 1.24 bits per heavy atom. The first-order chi connectivity index (χ1) is 8.15. The van der Waals surface area contributed by atoms with Crippen LogP contribution in [0.15, 0.2) is 0 Å². The van der Waals surface area contributed by atoms with Crippen LogP contribution in [0.5, 0.6) is 0 Å². The summed E-state index contributed by atoms with van der Waals surface area (Å²) in [5, 5.41) is 0. The maximum atomic E-state index is 12.0. The number of morpholine rings is 1. The van der Waals surface area contributed by atoms with Gasteiger partial charge in [0.15, 0.2) is 0 Å². The molecule has 0 atom stereocenters. The Hall–Kier alpha value is -0.610. The van der Waals surface area contributed by atoms with Gasteiger partial charge in [0.25, 0.3) is 0 Å². The number of amides is 1. The lowest BCUT2D eigenvalue weighted by atomic mass is 9.94. The van der Waals surface area contributed by atoms with Crippen LogP contribution in [0.4, 0.5) is 0 Å². The number of carbonyl (C=O) groups is 1. The second kappa shape index (κ2) is 5.83. The quantitative estimate of drug-likeness (QED) is 0.727. The molecule has 0 aromatic heterocycles. The van der Waals surface area contributed by atoms with Crippen LogP contribution >= 0.6 is 0 Å². The number of nitrogens with zero attached hydrogens (tertiary/aromatic N) is 2. The van der Waals surface area contributed by atoms with Gasteiger partial charge in [-0.05, 0) is 11.8 Å². The van der Waals surface area contributed by atoms with Crippen molar-refractivity contribution in [2.24, 2.45) is 5.92 Å². The van der Waals surface area contributed by atoms with Gasteiger partial charge in [0.05, 0.1) is 13.2 Å². The Labute approximate surface area is 104 Å². The van der Waals surface area contributed by atoms with E-state index in [2.05, 4.69) is 18.7 Å². The molecule has 2 fully saturated rings. The molecule has 1 radical (unpaired) electrons. The first-order valence-corrected chi connectivity index (χ1v) is 6.52. The van der Waals surface area contributed by atoms with Gasteiger partial charge in [0.1, 0.15) is 0 Å². The molecule has 0 unspecified atom stereocenters. The average Bonchev–Trinajstić information content (AvgIpc) is 2.26. The Morgan fingerprint density at radius 2 is 1.88 bits per heavy atom. The fourth-order valence-corrected chi connectivity index (χ4v) is 2.57. The van der Waals surface area contributed by atoms with E-state index in [4.69, 9.17) is 4.74 Å². The highest BCUT2D eigenvalue weighted by Gasteiger charge is 2.30. The van der Waals surface area contributed by atoms with Gasteiger partial charge in [-0.15, -0.1) is 0 Å². The first-order valence-electron chi connectivity index (χ1n) is 6.52. The van der Waals surface area contributed by atoms with Crippen molar-refractivity contribution in [3.8, 4) is 0 Å². The van der Waals surface area contributed by atoms with Crippen molar-refractivity contribution in [3.63, 3.8) is 0 Å². The van der Waals surface area contributed by atoms with Crippen LogP contribution in [0.25, 0.3) is 0 Å². The summed E-state index contributed by atoms with van der Waals surface area (Å²) in [6, 6.07) is 0. The molecule has 4 nitrogen and oxygen atoms in total. The fourth-order valence-electron chi connectivity index (χ4n) is 2.57. The molecular weight excluding hydrogens is 216 g/mol. The number of rotatable bonds is 4. The molecule has 17 heavy (non-hydrogen) atoms. The molecular formula is C13H23N2O2. The third-order valence-electron chi connectivity index (χ3n) is 3.40. The summed E-state index contributed by atoms with van der Waals surface area (Å²) in [5.74, 6) is 2.34. The molecule has 0 saturated carbocycles. The van der Waals surface area contributed by atoms with Gasteiger partial charge < -0.3 is 14.5 Å². The Bertz CT molecular complexity index is 256. The molecule has 0 N–H and O–H groups in total. The predicted molar refractivity (Wildman–Crippen MR) is 66.5 cm³/mol. The first kappa shape index (κ1) is 12.8. The molecule has 0 aromatic rings. The molecule has 97 valence electrons. The van der Waals surface area contributed by atoms with Crippen LogP contribution in [0.1, 0.15) is 20.3 Å². The predicted octanol–water partition coefficient (Wildman–Crippen LogP) is 0.781. The Morgan fingerprint density at radius 3 is 2.47 bits per heavy atom. The van der Waals surface area contributed by atoms with Crippen molar-refractivity contribution in [1.82, 2.24) is 9.80 Å². The molecule has 4 heteroatoms. The van der Waals surface area contributed by atoms with Gasteiger partial charge in [0.2, 0.25) is 5.91 Å².